The Kier molecular flexibility index (Phi) is 4.84. The maximum atomic E-state index is 12.4. The molecule has 26 heavy (non-hydrogen) atoms. The largest absolute Gasteiger partial charge is 0.456 e. The van der Waals surface area contributed by atoms with Crippen LogP contribution in [0.4, 0.5) is 5.69 Å². The first-order chi connectivity index (χ1) is 12.4. The normalized spacial score (nSPS) is 31.7. The third kappa shape index (κ3) is 3.83. The average molecular weight is 420 g/mol. The maximum absolute atomic E-state index is 12.4. The smallest absolute Gasteiger partial charge is 0.306 e. The number of amides is 1. The van der Waals surface area contributed by atoms with Gasteiger partial charge in [-0.2, -0.15) is 0 Å². The Morgan fingerprint density at radius 3 is 2.35 bits per heavy atom. The van der Waals surface area contributed by atoms with E-state index < -0.39 is 0 Å². The molecule has 0 saturated heterocycles. The summed E-state index contributed by atoms with van der Waals surface area (Å²) in [7, 11) is 0. The lowest BCUT2D eigenvalue weighted by molar-refractivity contribution is -0.154. The van der Waals surface area contributed by atoms with Crippen molar-refractivity contribution in [3.8, 4) is 0 Å². The van der Waals surface area contributed by atoms with Crippen LogP contribution in [0.15, 0.2) is 22.7 Å². The molecular formula is C21H26BrNO3. The van der Waals surface area contributed by atoms with E-state index in [9.17, 15) is 9.59 Å². The van der Waals surface area contributed by atoms with Gasteiger partial charge in [0, 0.05) is 10.2 Å². The zero-order valence-corrected chi connectivity index (χ0v) is 16.8. The Morgan fingerprint density at radius 1 is 1.15 bits per heavy atom. The molecule has 0 aromatic heterocycles. The molecule has 1 N–H and O–H groups in total. The van der Waals surface area contributed by atoms with Gasteiger partial charge in [-0.15, -0.1) is 0 Å². The van der Waals surface area contributed by atoms with Crippen LogP contribution in [-0.2, 0) is 14.3 Å². The van der Waals surface area contributed by atoms with Crippen LogP contribution in [0.25, 0.3) is 0 Å². The number of aryl methyl sites for hydroxylation is 1. The lowest BCUT2D eigenvalue weighted by atomic mass is 9.49. The standard InChI is InChI=1S/C21H26BrNO3/c1-13-4-17(22)2-3-18(13)23-19(24)12-26-20(25)11-21-8-14-5-15(9-21)7-16(6-14)10-21/h2-4,14-16H,5-12H2,1H3,(H,23,24). The quantitative estimate of drug-likeness (QED) is 0.694. The van der Waals surface area contributed by atoms with Gasteiger partial charge in [-0.05, 0) is 92.4 Å². The first kappa shape index (κ1) is 18.0. The number of anilines is 1. The minimum atomic E-state index is -0.283. The second-order valence-electron chi connectivity index (χ2n) is 8.76. The molecule has 0 heterocycles. The number of nitrogens with one attached hydrogen (secondary N) is 1. The molecule has 4 aliphatic carbocycles. The average Bonchev–Trinajstić information content (AvgIpc) is 2.54. The van der Waals surface area contributed by atoms with Crippen molar-refractivity contribution in [1.29, 1.82) is 0 Å². The van der Waals surface area contributed by atoms with Gasteiger partial charge >= 0.3 is 5.97 Å². The third-order valence-corrected chi connectivity index (χ3v) is 7.00. The monoisotopic (exact) mass is 419 g/mol. The molecule has 4 fully saturated rings. The SMILES string of the molecule is Cc1cc(Br)ccc1NC(=O)COC(=O)CC12CC3CC(CC(C3)C1)C2. The predicted molar refractivity (Wildman–Crippen MR) is 104 cm³/mol. The third-order valence-electron chi connectivity index (χ3n) is 6.51. The summed E-state index contributed by atoms with van der Waals surface area (Å²) >= 11 is 3.41. The minimum Gasteiger partial charge on any atom is -0.456 e. The molecule has 4 nitrogen and oxygen atoms in total. The van der Waals surface area contributed by atoms with Gasteiger partial charge in [-0.25, -0.2) is 0 Å². The topological polar surface area (TPSA) is 55.4 Å². The summed E-state index contributed by atoms with van der Waals surface area (Å²) in [5.74, 6) is 1.96. The molecule has 4 aliphatic rings. The van der Waals surface area contributed by atoms with Crippen molar-refractivity contribution in [2.75, 3.05) is 11.9 Å². The fourth-order valence-electron chi connectivity index (χ4n) is 5.96. The van der Waals surface area contributed by atoms with Crippen molar-refractivity contribution < 1.29 is 14.3 Å². The highest BCUT2D eigenvalue weighted by atomic mass is 79.9. The van der Waals surface area contributed by atoms with E-state index in [1.807, 2.05) is 25.1 Å². The Labute approximate surface area is 163 Å². The zero-order valence-electron chi connectivity index (χ0n) is 15.2. The van der Waals surface area contributed by atoms with Gasteiger partial charge in [0.25, 0.3) is 5.91 Å². The molecule has 1 amide bonds. The highest BCUT2D eigenvalue weighted by Crippen LogP contribution is 2.61. The fraction of sp³-hybridized carbons (Fsp3) is 0.619. The molecule has 5 rings (SSSR count). The summed E-state index contributed by atoms with van der Waals surface area (Å²) < 4.78 is 6.29. The van der Waals surface area contributed by atoms with Gasteiger partial charge < -0.3 is 10.1 Å². The van der Waals surface area contributed by atoms with Crippen molar-refractivity contribution in [2.24, 2.45) is 23.2 Å². The minimum absolute atomic E-state index is 0.157. The molecule has 0 unspecified atom stereocenters. The van der Waals surface area contributed by atoms with E-state index in [0.717, 1.165) is 33.5 Å². The molecule has 0 radical (unpaired) electrons. The molecular weight excluding hydrogens is 394 g/mol. The number of carbonyl (C=O) groups is 2. The van der Waals surface area contributed by atoms with E-state index in [2.05, 4.69) is 21.2 Å². The number of halogens is 1. The summed E-state index contributed by atoms with van der Waals surface area (Å²) in [4.78, 5) is 24.5. The molecule has 5 heteroatoms. The summed E-state index contributed by atoms with van der Waals surface area (Å²) in [6, 6.07) is 5.66. The van der Waals surface area contributed by atoms with Crippen LogP contribution >= 0.6 is 15.9 Å². The number of esters is 1. The van der Waals surface area contributed by atoms with E-state index in [-0.39, 0.29) is 23.9 Å². The molecule has 0 atom stereocenters. The van der Waals surface area contributed by atoms with Crippen molar-refractivity contribution >= 4 is 33.5 Å². The van der Waals surface area contributed by atoms with Gasteiger partial charge in [-0.3, -0.25) is 9.59 Å². The summed E-state index contributed by atoms with van der Waals surface area (Å²) in [6.07, 6.45) is 8.12. The number of carbonyl (C=O) groups excluding carboxylic acids is 2. The van der Waals surface area contributed by atoms with E-state index in [1.165, 1.54) is 38.5 Å². The zero-order chi connectivity index (χ0) is 18.3. The molecule has 0 spiro atoms. The molecule has 1 aromatic carbocycles. The van der Waals surface area contributed by atoms with Crippen LogP contribution in [0.2, 0.25) is 0 Å². The van der Waals surface area contributed by atoms with E-state index >= 15 is 0 Å². The molecule has 4 bridgehead atoms. The van der Waals surface area contributed by atoms with Gasteiger partial charge in [0.2, 0.25) is 0 Å². The summed E-state index contributed by atoms with van der Waals surface area (Å²) in [6.45, 7) is 1.72. The van der Waals surface area contributed by atoms with Crippen molar-refractivity contribution in [1.82, 2.24) is 0 Å². The van der Waals surface area contributed by atoms with Gasteiger partial charge in [0.1, 0.15) is 0 Å². The lowest BCUT2D eigenvalue weighted by Gasteiger charge is -2.56. The Hall–Kier alpha value is -1.36. The Bertz CT molecular complexity index is 695. The second-order valence-corrected chi connectivity index (χ2v) is 9.68. The van der Waals surface area contributed by atoms with Crippen LogP contribution in [0.1, 0.15) is 50.5 Å². The number of hydrogen-bond donors (Lipinski definition) is 1. The second kappa shape index (κ2) is 6.99. The van der Waals surface area contributed by atoms with Crippen LogP contribution in [0.3, 0.4) is 0 Å². The van der Waals surface area contributed by atoms with Crippen molar-refractivity contribution in [3.63, 3.8) is 0 Å². The number of benzene rings is 1. The van der Waals surface area contributed by atoms with Crippen LogP contribution in [0.5, 0.6) is 0 Å². The van der Waals surface area contributed by atoms with E-state index in [0.29, 0.717) is 6.42 Å². The fourth-order valence-corrected chi connectivity index (χ4v) is 6.44. The van der Waals surface area contributed by atoms with Crippen LogP contribution in [0, 0.1) is 30.1 Å². The molecule has 4 saturated carbocycles. The highest BCUT2D eigenvalue weighted by molar-refractivity contribution is 9.10. The molecule has 1 aromatic rings. The van der Waals surface area contributed by atoms with Crippen molar-refractivity contribution in [2.45, 2.75) is 51.9 Å². The maximum Gasteiger partial charge on any atom is 0.306 e. The number of rotatable bonds is 5. The predicted octanol–water partition coefficient (Wildman–Crippen LogP) is 4.85. The van der Waals surface area contributed by atoms with E-state index in [1.54, 1.807) is 0 Å². The first-order valence-corrected chi connectivity index (χ1v) is 10.4. The molecule has 0 aliphatic heterocycles. The summed E-state index contributed by atoms with van der Waals surface area (Å²) in [5, 5.41) is 2.82. The molecule has 140 valence electrons. The Balaban J connectivity index is 1.28. The first-order valence-electron chi connectivity index (χ1n) is 9.62. The number of ether oxygens (including phenoxy) is 1. The highest BCUT2D eigenvalue weighted by Gasteiger charge is 2.51. The summed E-state index contributed by atoms with van der Waals surface area (Å²) in [5.41, 5.74) is 1.87. The van der Waals surface area contributed by atoms with Gasteiger partial charge in [-0.1, -0.05) is 15.9 Å². The Morgan fingerprint density at radius 2 is 1.77 bits per heavy atom. The van der Waals surface area contributed by atoms with Crippen LogP contribution < -0.4 is 5.32 Å². The van der Waals surface area contributed by atoms with Gasteiger partial charge in [0.05, 0.1) is 6.42 Å². The van der Waals surface area contributed by atoms with Crippen molar-refractivity contribution in [3.05, 3.63) is 28.2 Å². The van der Waals surface area contributed by atoms with E-state index in [4.69, 9.17) is 4.74 Å². The lowest BCUT2D eigenvalue weighted by Crippen LogP contribution is -2.47. The van der Waals surface area contributed by atoms with Gasteiger partial charge in [0.15, 0.2) is 6.61 Å². The number of hydrogen-bond acceptors (Lipinski definition) is 3. The van der Waals surface area contributed by atoms with Crippen LogP contribution in [-0.4, -0.2) is 18.5 Å².